The first kappa shape index (κ1) is 29.5. The maximum Gasteiger partial charge on any atom is 0.322 e. The molecule has 0 bridgehead atoms. The van der Waals surface area contributed by atoms with Crippen LogP contribution in [-0.2, 0) is 14.4 Å². The highest BCUT2D eigenvalue weighted by Crippen LogP contribution is 2.33. The van der Waals surface area contributed by atoms with Crippen molar-refractivity contribution in [3.05, 3.63) is 65.2 Å². The highest BCUT2D eigenvalue weighted by molar-refractivity contribution is 8.77. The van der Waals surface area contributed by atoms with Crippen molar-refractivity contribution in [2.75, 3.05) is 12.3 Å². The van der Waals surface area contributed by atoms with E-state index in [0.29, 0.717) is 16.3 Å². The van der Waals surface area contributed by atoms with E-state index in [1.807, 2.05) is 0 Å². The van der Waals surface area contributed by atoms with E-state index in [1.54, 1.807) is 42.5 Å². The van der Waals surface area contributed by atoms with Crippen LogP contribution in [0.15, 0.2) is 54.6 Å². The molecule has 2 rings (SSSR count). The van der Waals surface area contributed by atoms with Crippen molar-refractivity contribution in [1.29, 1.82) is 0 Å². The van der Waals surface area contributed by atoms with Crippen LogP contribution in [0.2, 0.25) is 5.02 Å². The second-order valence-electron chi connectivity index (χ2n) is 7.81. The number of hydrogen-bond acceptors (Lipinski definition) is 9. The van der Waals surface area contributed by atoms with E-state index in [9.17, 15) is 24.3 Å². The number of benzene rings is 2. The van der Waals surface area contributed by atoms with E-state index in [-0.39, 0.29) is 12.3 Å². The van der Waals surface area contributed by atoms with Crippen molar-refractivity contribution in [2.24, 2.45) is 11.5 Å². The molecule has 0 spiro atoms. The first-order valence-electron chi connectivity index (χ1n) is 10.5. The number of hydrogen-bond donors (Lipinski definition) is 5. The van der Waals surface area contributed by atoms with E-state index < -0.39 is 46.6 Å². The number of amides is 1. The summed E-state index contributed by atoms with van der Waals surface area (Å²) < 4.78 is 5.97. The van der Waals surface area contributed by atoms with Crippen LogP contribution in [0.3, 0.4) is 0 Å². The predicted octanol–water partition coefficient (Wildman–Crippen LogP) is 2.05. The van der Waals surface area contributed by atoms with Crippen LogP contribution in [0.25, 0.3) is 0 Å². The molecule has 0 aliphatic carbocycles. The van der Waals surface area contributed by atoms with Gasteiger partial charge < -0.3 is 31.7 Å². The SMILES string of the molecule is CC(CNC(=O)c1ccc(Cl)cc1)(Oc1ccccc1)C(=O)C(SSC[C@H](N)C(=O)O)[C@H](N)C(=O)O. The van der Waals surface area contributed by atoms with Gasteiger partial charge in [-0.3, -0.25) is 19.2 Å². The number of halogens is 1. The number of carboxylic acids is 2. The summed E-state index contributed by atoms with van der Waals surface area (Å²) in [5.74, 6) is -3.68. The van der Waals surface area contributed by atoms with Crippen molar-refractivity contribution in [1.82, 2.24) is 5.32 Å². The average Bonchev–Trinajstić information content (AvgIpc) is 2.85. The molecule has 194 valence electrons. The van der Waals surface area contributed by atoms with Gasteiger partial charge in [0, 0.05) is 16.3 Å². The van der Waals surface area contributed by atoms with Gasteiger partial charge in [-0.05, 0) is 43.3 Å². The zero-order chi connectivity index (χ0) is 26.9. The van der Waals surface area contributed by atoms with Gasteiger partial charge in [0.1, 0.15) is 23.1 Å². The van der Waals surface area contributed by atoms with E-state index in [1.165, 1.54) is 19.1 Å². The molecule has 0 fully saturated rings. The Balaban J connectivity index is 2.30. The lowest BCUT2D eigenvalue weighted by atomic mass is 9.94. The number of nitrogens with one attached hydrogen (secondary N) is 1. The van der Waals surface area contributed by atoms with Crippen molar-refractivity contribution in [2.45, 2.75) is 29.9 Å². The summed E-state index contributed by atoms with van der Waals surface area (Å²) in [5.41, 5.74) is 9.89. The Hall–Kier alpha value is -2.77. The van der Waals surface area contributed by atoms with Gasteiger partial charge in [-0.25, -0.2) is 0 Å². The number of para-hydroxylation sites is 1. The molecule has 2 unspecified atom stereocenters. The smallest absolute Gasteiger partial charge is 0.322 e. The zero-order valence-electron chi connectivity index (χ0n) is 19.1. The fourth-order valence-corrected chi connectivity index (χ4v) is 5.78. The van der Waals surface area contributed by atoms with Gasteiger partial charge >= 0.3 is 11.9 Å². The molecule has 0 radical (unpaired) electrons. The fourth-order valence-electron chi connectivity index (χ4n) is 2.83. The number of carbonyl (C=O) groups is 4. The molecule has 1 amide bonds. The molecule has 0 aromatic heterocycles. The summed E-state index contributed by atoms with van der Waals surface area (Å²) in [5, 5.41) is 20.2. The molecule has 36 heavy (non-hydrogen) atoms. The highest BCUT2D eigenvalue weighted by Gasteiger charge is 2.45. The molecule has 2 aromatic rings. The van der Waals surface area contributed by atoms with Crippen molar-refractivity contribution in [3.63, 3.8) is 0 Å². The third-order valence-corrected chi connectivity index (χ3v) is 7.94. The number of rotatable bonds is 14. The van der Waals surface area contributed by atoms with Crippen molar-refractivity contribution in [3.8, 4) is 5.75 Å². The van der Waals surface area contributed by atoms with Gasteiger partial charge in [0.2, 0.25) is 0 Å². The molecule has 13 heteroatoms. The van der Waals surface area contributed by atoms with Crippen LogP contribution in [0.5, 0.6) is 5.75 Å². The van der Waals surface area contributed by atoms with Gasteiger partial charge in [-0.1, -0.05) is 51.4 Å². The Bertz CT molecular complexity index is 1080. The second kappa shape index (κ2) is 13.5. The minimum atomic E-state index is -1.73. The van der Waals surface area contributed by atoms with E-state index in [4.69, 9.17) is 32.9 Å². The summed E-state index contributed by atoms with van der Waals surface area (Å²) in [6.07, 6.45) is 0. The van der Waals surface area contributed by atoms with Crippen LogP contribution < -0.4 is 21.5 Å². The third kappa shape index (κ3) is 8.42. The number of carboxylic acid groups (broad SMARTS) is 2. The lowest BCUT2D eigenvalue weighted by Gasteiger charge is -2.33. The number of aliphatic carboxylic acids is 2. The fraction of sp³-hybridized carbons (Fsp3) is 0.304. The van der Waals surface area contributed by atoms with E-state index >= 15 is 0 Å². The topological polar surface area (TPSA) is 182 Å². The van der Waals surface area contributed by atoms with Crippen molar-refractivity contribution < 1.29 is 34.1 Å². The average molecular weight is 556 g/mol. The molecule has 0 heterocycles. The first-order valence-corrected chi connectivity index (χ1v) is 13.3. The van der Waals surface area contributed by atoms with Gasteiger partial charge in [0.05, 0.1) is 6.54 Å². The molecule has 0 saturated heterocycles. The van der Waals surface area contributed by atoms with Crippen LogP contribution >= 0.6 is 33.2 Å². The number of ketones is 1. The highest BCUT2D eigenvalue weighted by atomic mass is 35.5. The summed E-state index contributed by atoms with van der Waals surface area (Å²) in [6.45, 7) is 1.10. The molecule has 7 N–H and O–H groups in total. The minimum absolute atomic E-state index is 0.0975. The minimum Gasteiger partial charge on any atom is -0.480 e. The van der Waals surface area contributed by atoms with Gasteiger partial charge in [0.15, 0.2) is 11.4 Å². The Morgan fingerprint density at radius 2 is 1.64 bits per heavy atom. The standard InChI is InChI=1S/C23H26ClN3O7S2/c1-23(34-15-5-3-2-4-6-15,12-27-20(29)13-7-9-14(24)10-8-13)19(28)18(17(26)22(32)33)36-35-11-16(25)21(30)31/h2-10,16-18H,11-12,25-26H2,1H3,(H,27,29)(H,30,31)(H,32,33)/t16-,17-,18?,23?/m0/s1. The molecule has 0 saturated carbocycles. The predicted molar refractivity (Wildman–Crippen MR) is 139 cm³/mol. The molecule has 10 nitrogen and oxygen atoms in total. The maximum absolute atomic E-state index is 13.7. The molecule has 0 aliphatic heterocycles. The van der Waals surface area contributed by atoms with Crippen LogP contribution in [-0.4, -0.2) is 69.1 Å². The summed E-state index contributed by atoms with van der Waals surface area (Å²) in [4.78, 5) is 49.1. The largest absolute Gasteiger partial charge is 0.480 e. The normalized spacial score (nSPS) is 15.1. The first-order chi connectivity index (χ1) is 16.9. The quantitative estimate of drug-likeness (QED) is 0.215. The molecular formula is C23H26ClN3O7S2. The molecular weight excluding hydrogens is 530 g/mol. The lowest BCUT2D eigenvalue weighted by Crippen LogP contribution is -2.58. The van der Waals surface area contributed by atoms with E-state index in [2.05, 4.69) is 5.32 Å². The number of Topliss-reactive ketones (excluding diaryl/α,β-unsaturated/α-hetero) is 1. The Labute approximate surface area is 220 Å². The Morgan fingerprint density at radius 3 is 2.19 bits per heavy atom. The molecule has 4 atom stereocenters. The summed E-state index contributed by atoms with van der Waals surface area (Å²) in [6, 6.07) is 11.6. The summed E-state index contributed by atoms with van der Waals surface area (Å²) in [7, 11) is 1.70. The van der Waals surface area contributed by atoms with Crippen LogP contribution in [0.1, 0.15) is 17.3 Å². The number of carbonyl (C=O) groups excluding carboxylic acids is 2. The lowest BCUT2D eigenvalue weighted by molar-refractivity contribution is -0.142. The molecule has 0 aliphatic rings. The maximum atomic E-state index is 13.7. The molecule has 2 aromatic carbocycles. The van der Waals surface area contributed by atoms with Gasteiger partial charge in [0.25, 0.3) is 5.91 Å². The van der Waals surface area contributed by atoms with Gasteiger partial charge in [-0.2, -0.15) is 0 Å². The third-order valence-electron chi connectivity index (χ3n) is 4.91. The van der Waals surface area contributed by atoms with Crippen LogP contribution in [0, 0.1) is 0 Å². The monoisotopic (exact) mass is 555 g/mol. The number of ether oxygens (including phenoxy) is 1. The van der Waals surface area contributed by atoms with Crippen molar-refractivity contribution >= 4 is 56.8 Å². The number of nitrogens with two attached hydrogens (primary N) is 2. The Kier molecular flexibility index (Phi) is 11.1. The summed E-state index contributed by atoms with van der Waals surface area (Å²) >= 11 is 5.87. The van der Waals surface area contributed by atoms with Gasteiger partial charge in [-0.15, -0.1) is 0 Å². The Morgan fingerprint density at radius 1 is 1.03 bits per heavy atom. The zero-order valence-corrected chi connectivity index (χ0v) is 21.5. The van der Waals surface area contributed by atoms with E-state index in [0.717, 1.165) is 21.6 Å². The second-order valence-corrected chi connectivity index (χ2v) is 10.8. The van der Waals surface area contributed by atoms with Crippen LogP contribution in [0.4, 0.5) is 0 Å².